The summed E-state index contributed by atoms with van der Waals surface area (Å²) in [4.78, 5) is 16.2. The first-order valence-corrected chi connectivity index (χ1v) is 8.62. The quantitative estimate of drug-likeness (QED) is 0.687. The summed E-state index contributed by atoms with van der Waals surface area (Å²) in [6.07, 6.45) is 1.80. The molecule has 0 aliphatic carbocycles. The van der Waals surface area contributed by atoms with Gasteiger partial charge in [-0.15, -0.1) is 0 Å². The summed E-state index contributed by atoms with van der Waals surface area (Å²) in [6.45, 7) is 3.22. The number of para-hydroxylation sites is 1. The first kappa shape index (κ1) is 16.5. The molecule has 0 radical (unpaired) electrons. The number of amides is 1. The molecule has 3 aromatic rings. The molecule has 0 fully saturated rings. The van der Waals surface area contributed by atoms with Crippen LogP contribution in [0.3, 0.4) is 0 Å². The van der Waals surface area contributed by atoms with E-state index in [0.29, 0.717) is 18.7 Å². The monoisotopic (exact) mass is 383 g/mol. The second-order valence-electron chi connectivity index (χ2n) is 5.40. The zero-order chi connectivity index (χ0) is 16.9. The molecule has 1 amide bonds. The maximum absolute atomic E-state index is 11.8. The average Bonchev–Trinajstić information content (AvgIpc) is 2.61. The molecule has 0 bridgehead atoms. The van der Waals surface area contributed by atoms with Crippen LogP contribution in [0.1, 0.15) is 22.8 Å². The first-order valence-electron chi connectivity index (χ1n) is 7.83. The molecule has 5 heteroatoms. The van der Waals surface area contributed by atoms with E-state index in [1.54, 1.807) is 6.20 Å². The van der Waals surface area contributed by atoms with Crippen LogP contribution in [0.15, 0.2) is 59.2 Å². The number of anilines is 1. The van der Waals surface area contributed by atoms with Gasteiger partial charge in [-0.1, -0.05) is 24.3 Å². The summed E-state index contributed by atoms with van der Waals surface area (Å²) in [5.41, 5.74) is 3.77. The van der Waals surface area contributed by atoms with Crippen LogP contribution < -0.4 is 10.6 Å². The van der Waals surface area contributed by atoms with Crippen molar-refractivity contribution in [2.24, 2.45) is 0 Å². The number of fused-ring (bicyclic) bond motifs is 1. The molecular formula is C19H18BrN3O. The van der Waals surface area contributed by atoms with E-state index in [1.807, 2.05) is 55.5 Å². The Morgan fingerprint density at radius 3 is 2.67 bits per heavy atom. The van der Waals surface area contributed by atoms with Crippen molar-refractivity contribution in [3.63, 3.8) is 0 Å². The fraction of sp³-hybridized carbons (Fsp3) is 0.158. The molecule has 3 rings (SSSR count). The Morgan fingerprint density at radius 2 is 1.92 bits per heavy atom. The second-order valence-corrected chi connectivity index (χ2v) is 6.26. The Bertz CT molecular complexity index is 862. The summed E-state index contributed by atoms with van der Waals surface area (Å²) in [5, 5.41) is 7.32. The molecule has 0 unspecified atom stereocenters. The highest BCUT2D eigenvalue weighted by molar-refractivity contribution is 9.10. The van der Waals surface area contributed by atoms with Crippen molar-refractivity contribution in [2.45, 2.75) is 13.5 Å². The van der Waals surface area contributed by atoms with Crippen molar-refractivity contribution in [1.29, 1.82) is 0 Å². The van der Waals surface area contributed by atoms with E-state index >= 15 is 0 Å². The van der Waals surface area contributed by atoms with Gasteiger partial charge in [0.25, 0.3) is 5.91 Å². The molecule has 0 saturated heterocycles. The van der Waals surface area contributed by atoms with Crippen molar-refractivity contribution in [3.8, 4) is 0 Å². The van der Waals surface area contributed by atoms with E-state index in [1.165, 1.54) is 0 Å². The lowest BCUT2D eigenvalue weighted by atomic mass is 10.1. The predicted octanol–water partition coefficient (Wildman–Crippen LogP) is 4.36. The molecule has 0 aliphatic heterocycles. The number of nitrogens with one attached hydrogen (secondary N) is 2. The molecule has 0 spiro atoms. The average molecular weight is 384 g/mol. The lowest BCUT2D eigenvalue weighted by Crippen LogP contribution is -2.22. The van der Waals surface area contributed by atoms with Crippen LogP contribution in [0.5, 0.6) is 0 Å². The van der Waals surface area contributed by atoms with Crippen molar-refractivity contribution in [2.75, 3.05) is 11.9 Å². The maximum Gasteiger partial charge on any atom is 0.251 e. The zero-order valence-corrected chi connectivity index (χ0v) is 14.9. The number of hydrogen-bond donors (Lipinski definition) is 2. The van der Waals surface area contributed by atoms with Crippen LogP contribution in [0, 0.1) is 0 Å². The third-order valence-electron chi connectivity index (χ3n) is 3.76. The molecule has 0 atom stereocenters. The minimum atomic E-state index is -0.0398. The molecule has 1 aromatic heterocycles. The lowest BCUT2D eigenvalue weighted by Gasteiger charge is -2.10. The normalized spacial score (nSPS) is 10.6. The number of rotatable bonds is 5. The number of hydrogen-bond acceptors (Lipinski definition) is 3. The zero-order valence-electron chi connectivity index (χ0n) is 13.3. The topological polar surface area (TPSA) is 54.0 Å². The number of aromatic nitrogens is 1. The van der Waals surface area contributed by atoms with Crippen LogP contribution in [0.2, 0.25) is 0 Å². The van der Waals surface area contributed by atoms with Gasteiger partial charge in [-0.3, -0.25) is 9.78 Å². The van der Waals surface area contributed by atoms with Gasteiger partial charge < -0.3 is 10.6 Å². The molecule has 24 heavy (non-hydrogen) atoms. The van der Waals surface area contributed by atoms with E-state index in [9.17, 15) is 4.79 Å². The summed E-state index contributed by atoms with van der Waals surface area (Å²) in [6, 6.07) is 15.6. The Morgan fingerprint density at radius 1 is 1.12 bits per heavy atom. The Hall–Kier alpha value is -2.40. The standard InChI is InChI=1S/C19H18BrN3O/c1-2-21-19(24)14-8-6-13(7-9-14)12-23-17-10-11-22-18-15(17)4-3-5-16(18)20/h3-11H,2,12H2,1H3,(H,21,24)(H,22,23). The van der Waals surface area contributed by atoms with Gasteiger partial charge in [0.1, 0.15) is 0 Å². The third-order valence-corrected chi connectivity index (χ3v) is 4.40. The number of carbonyl (C=O) groups excluding carboxylic acids is 1. The lowest BCUT2D eigenvalue weighted by molar-refractivity contribution is 0.0956. The van der Waals surface area contributed by atoms with Gasteiger partial charge in [-0.2, -0.15) is 0 Å². The minimum absolute atomic E-state index is 0.0398. The summed E-state index contributed by atoms with van der Waals surface area (Å²) >= 11 is 3.53. The van der Waals surface area contributed by atoms with Crippen LogP contribution in [-0.4, -0.2) is 17.4 Å². The fourth-order valence-corrected chi connectivity index (χ4v) is 3.00. The summed E-state index contributed by atoms with van der Waals surface area (Å²) in [5.74, 6) is -0.0398. The highest BCUT2D eigenvalue weighted by Gasteiger charge is 2.06. The van der Waals surface area contributed by atoms with E-state index in [4.69, 9.17) is 0 Å². The van der Waals surface area contributed by atoms with E-state index in [0.717, 1.165) is 26.6 Å². The number of nitrogens with zero attached hydrogens (tertiary/aromatic N) is 1. The van der Waals surface area contributed by atoms with E-state index < -0.39 is 0 Å². The number of benzene rings is 2. The first-order chi connectivity index (χ1) is 11.7. The summed E-state index contributed by atoms with van der Waals surface area (Å²) in [7, 11) is 0. The molecule has 4 nitrogen and oxygen atoms in total. The van der Waals surface area contributed by atoms with Gasteiger partial charge in [-0.05, 0) is 52.7 Å². The van der Waals surface area contributed by atoms with Crippen molar-refractivity contribution in [3.05, 3.63) is 70.3 Å². The van der Waals surface area contributed by atoms with Crippen molar-refractivity contribution in [1.82, 2.24) is 10.3 Å². The van der Waals surface area contributed by atoms with Crippen LogP contribution in [0.25, 0.3) is 10.9 Å². The number of halogens is 1. The highest BCUT2D eigenvalue weighted by atomic mass is 79.9. The highest BCUT2D eigenvalue weighted by Crippen LogP contribution is 2.27. The second kappa shape index (κ2) is 7.45. The van der Waals surface area contributed by atoms with Crippen LogP contribution >= 0.6 is 15.9 Å². The SMILES string of the molecule is CCNC(=O)c1ccc(CNc2ccnc3c(Br)cccc23)cc1. The van der Waals surface area contributed by atoms with E-state index in [2.05, 4.69) is 31.5 Å². The van der Waals surface area contributed by atoms with Gasteiger partial charge in [0.15, 0.2) is 0 Å². The van der Waals surface area contributed by atoms with Gasteiger partial charge in [0.2, 0.25) is 0 Å². The molecular weight excluding hydrogens is 366 g/mol. The molecule has 2 aromatic carbocycles. The summed E-state index contributed by atoms with van der Waals surface area (Å²) < 4.78 is 0.981. The molecule has 122 valence electrons. The maximum atomic E-state index is 11.8. The Balaban J connectivity index is 1.74. The van der Waals surface area contributed by atoms with Crippen LogP contribution in [-0.2, 0) is 6.54 Å². The molecule has 1 heterocycles. The van der Waals surface area contributed by atoms with E-state index in [-0.39, 0.29) is 5.91 Å². The van der Waals surface area contributed by atoms with Gasteiger partial charge in [0, 0.05) is 40.4 Å². The van der Waals surface area contributed by atoms with Gasteiger partial charge in [-0.25, -0.2) is 0 Å². The van der Waals surface area contributed by atoms with Gasteiger partial charge >= 0.3 is 0 Å². The van der Waals surface area contributed by atoms with Crippen LogP contribution in [0.4, 0.5) is 5.69 Å². The number of carbonyl (C=O) groups is 1. The predicted molar refractivity (Wildman–Crippen MR) is 101 cm³/mol. The minimum Gasteiger partial charge on any atom is -0.380 e. The fourth-order valence-electron chi connectivity index (χ4n) is 2.53. The van der Waals surface area contributed by atoms with Gasteiger partial charge in [0.05, 0.1) is 5.52 Å². The number of pyridine rings is 1. The largest absolute Gasteiger partial charge is 0.380 e. The van der Waals surface area contributed by atoms with Crippen molar-refractivity contribution < 1.29 is 4.79 Å². The van der Waals surface area contributed by atoms with Crippen molar-refractivity contribution >= 4 is 38.4 Å². The molecule has 2 N–H and O–H groups in total. The molecule has 0 aliphatic rings. The third kappa shape index (κ3) is 3.57. The molecule has 0 saturated carbocycles. The Labute approximate surface area is 149 Å². The smallest absolute Gasteiger partial charge is 0.251 e. The Kier molecular flexibility index (Phi) is 5.11.